The SMILES string of the molecule is C[C@@H](O)c1ccc(Sc2n[nH]c(=O)n2C)cc1Br. The van der Waals surface area contributed by atoms with Crippen molar-refractivity contribution in [3.63, 3.8) is 0 Å². The van der Waals surface area contributed by atoms with E-state index in [-0.39, 0.29) is 5.69 Å². The van der Waals surface area contributed by atoms with Gasteiger partial charge in [0.25, 0.3) is 0 Å². The van der Waals surface area contributed by atoms with E-state index in [0.29, 0.717) is 5.16 Å². The summed E-state index contributed by atoms with van der Waals surface area (Å²) in [6.45, 7) is 1.71. The van der Waals surface area contributed by atoms with Crippen molar-refractivity contribution in [2.75, 3.05) is 0 Å². The molecule has 2 rings (SSSR count). The lowest BCUT2D eigenvalue weighted by molar-refractivity contribution is 0.198. The Balaban J connectivity index is 2.28. The minimum absolute atomic E-state index is 0.239. The number of aromatic amines is 1. The molecule has 0 unspecified atom stereocenters. The van der Waals surface area contributed by atoms with Crippen LogP contribution in [0, 0.1) is 0 Å². The number of aliphatic hydroxyl groups is 1. The highest BCUT2D eigenvalue weighted by Crippen LogP contribution is 2.31. The van der Waals surface area contributed by atoms with E-state index in [2.05, 4.69) is 26.1 Å². The lowest BCUT2D eigenvalue weighted by atomic mass is 10.1. The molecule has 7 heteroatoms. The third kappa shape index (κ3) is 2.68. The molecule has 0 aliphatic carbocycles. The Bertz CT molecular complexity index is 621. The topological polar surface area (TPSA) is 70.9 Å². The van der Waals surface area contributed by atoms with Gasteiger partial charge in [-0.3, -0.25) is 4.57 Å². The van der Waals surface area contributed by atoms with Crippen molar-refractivity contribution in [2.45, 2.75) is 23.1 Å². The predicted octanol–water partition coefficient (Wildman–Crippen LogP) is 2.08. The zero-order chi connectivity index (χ0) is 13.3. The zero-order valence-corrected chi connectivity index (χ0v) is 12.2. The van der Waals surface area contributed by atoms with E-state index in [1.54, 1.807) is 14.0 Å². The first-order valence-electron chi connectivity index (χ1n) is 5.26. The second kappa shape index (κ2) is 5.29. The van der Waals surface area contributed by atoms with Gasteiger partial charge in [-0.2, -0.15) is 0 Å². The van der Waals surface area contributed by atoms with Crippen LogP contribution in [-0.4, -0.2) is 19.9 Å². The molecule has 0 bridgehead atoms. The smallest absolute Gasteiger partial charge is 0.343 e. The van der Waals surface area contributed by atoms with Crippen molar-refractivity contribution in [3.05, 3.63) is 38.7 Å². The fourth-order valence-corrected chi connectivity index (χ4v) is 3.14. The van der Waals surface area contributed by atoms with Gasteiger partial charge in [0.05, 0.1) is 6.10 Å². The maximum atomic E-state index is 11.2. The second-order valence-corrected chi connectivity index (χ2v) is 5.73. The first-order valence-corrected chi connectivity index (χ1v) is 6.86. The van der Waals surface area contributed by atoms with Crippen LogP contribution in [-0.2, 0) is 7.05 Å². The van der Waals surface area contributed by atoms with E-state index in [1.165, 1.54) is 16.3 Å². The lowest BCUT2D eigenvalue weighted by Crippen LogP contribution is -2.12. The fourth-order valence-electron chi connectivity index (χ4n) is 1.44. The third-order valence-electron chi connectivity index (χ3n) is 2.47. The number of rotatable bonds is 3. The molecule has 0 fully saturated rings. The molecular formula is C11H12BrN3O2S. The molecule has 0 aliphatic heterocycles. The molecule has 2 aromatic rings. The van der Waals surface area contributed by atoms with E-state index >= 15 is 0 Å². The second-order valence-electron chi connectivity index (χ2n) is 3.83. The van der Waals surface area contributed by atoms with Gasteiger partial charge in [-0.05, 0) is 36.4 Å². The molecule has 2 N–H and O–H groups in total. The average Bonchev–Trinajstić information content (AvgIpc) is 2.61. The largest absolute Gasteiger partial charge is 0.389 e. The van der Waals surface area contributed by atoms with Crippen molar-refractivity contribution in [1.82, 2.24) is 14.8 Å². The molecule has 5 nitrogen and oxygen atoms in total. The monoisotopic (exact) mass is 329 g/mol. The van der Waals surface area contributed by atoms with Crippen LogP contribution in [0.1, 0.15) is 18.6 Å². The Labute approximate surface area is 116 Å². The molecule has 0 saturated carbocycles. The van der Waals surface area contributed by atoms with Crippen LogP contribution in [0.4, 0.5) is 0 Å². The summed E-state index contributed by atoms with van der Waals surface area (Å²) in [5.74, 6) is 0. The highest BCUT2D eigenvalue weighted by molar-refractivity contribution is 9.10. The van der Waals surface area contributed by atoms with E-state index in [9.17, 15) is 9.90 Å². The van der Waals surface area contributed by atoms with Crippen molar-refractivity contribution in [1.29, 1.82) is 0 Å². The van der Waals surface area contributed by atoms with Crippen molar-refractivity contribution in [3.8, 4) is 0 Å². The molecule has 1 aromatic carbocycles. The molecule has 0 spiro atoms. The number of nitrogens with one attached hydrogen (secondary N) is 1. The maximum absolute atomic E-state index is 11.2. The number of hydrogen-bond acceptors (Lipinski definition) is 4. The molecule has 0 aliphatic rings. The number of benzene rings is 1. The highest BCUT2D eigenvalue weighted by atomic mass is 79.9. The fraction of sp³-hybridized carbons (Fsp3) is 0.273. The summed E-state index contributed by atoms with van der Waals surface area (Å²) < 4.78 is 2.28. The summed E-state index contributed by atoms with van der Waals surface area (Å²) in [6, 6.07) is 5.63. The number of aliphatic hydroxyl groups excluding tert-OH is 1. The van der Waals surface area contributed by atoms with Crippen LogP contribution in [0.25, 0.3) is 0 Å². The quantitative estimate of drug-likeness (QED) is 0.904. The standard InChI is InChI=1S/C11H12BrN3O2S/c1-6(16)8-4-3-7(5-9(8)12)18-11-14-13-10(17)15(11)2/h3-6,16H,1-2H3,(H,13,17)/t6-/m1/s1. The Morgan fingerprint density at radius 1 is 1.56 bits per heavy atom. The van der Waals surface area contributed by atoms with Crippen LogP contribution in [0.3, 0.4) is 0 Å². The first-order chi connectivity index (χ1) is 8.49. The Morgan fingerprint density at radius 2 is 2.28 bits per heavy atom. The molecule has 0 amide bonds. The zero-order valence-electron chi connectivity index (χ0n) is 9.85. The third-order valence-corrected chi connectivity index (χ3v) is 4.19. The summed E-state index contributed by atoms with van der Waals surface area (Å²) in [7, 11) is 1.66. The molecular weight excluding hydrogens is 318 g/mol. The van der Waals surface area contributed by atoms with Gasteiger partial charge in [0, 0.05) is 16.4 Å². The van der Waals surface area contributed by atoms with Gasteiger partial charge < -0.3 is 5.11 Å². The van der Waals surface area contributed by atoms with E-state index in [4.69, 9.17) is 0 Å². The molecule has 0 saturated heterocycles. The van der Waals surface area contributed by atoms with Crippen molar-refractivity contribution >= 4 is 27.7 Å². The van der Waals surface area contributed by atoms with Gasteiger partial charge in [0.1, 0.15) is 0 Å². The maximum Gasteiger partial charge on any atom is 0.343 e. The van der Waals surface area contributed by atoms with Gasteiger partial charge in [-0.15, -0.1) is 5.10 Å². The first kappa shape index (κ1) is 13.4. The predicted molar refractivity (Wildman–Crippen MR) is 72.7 cm³/mol. The van der Waals surface area contributed by atoms with Crippen molar-refractivity contribution < 1.29 is 5.11 Å². The summed E-state index contributed by atoms with van der Waals surface area (Å²) in [5.41, 5.74) is 0.590. The normalized spacial score (nSPS) is 12.7. The number of nitrogens with zero attached hydrogens (tertiary/aromatic N) is 2. The van der Waals surface area contributed by atoms with Gasteiger partial charge >= 0.3 is 5.69 Å². The summed E-state index contributed by atoms with van der Waals surface area (Å²) in [4.78, 5) is 12.2. The summed E-state index contributed by atoms with van der Waals surface area (Å²) in [5, 5.41) is 16.4. The van der Waals surface area contributed by atoms with Crippen LogP contribution in [0.15, 0.2) is 37.5 Å². The van der Waals surface area contributed by atoms with E-state index in [0.717, 1.165) is 14.9 Å². The van der Waals surface area contributed by atoms with Crippen LogP contribution in [0.5, 0.6) is 0 Å². The minimum Gasteiger partial charge on any atom is -0.389 e. The van der Waals surface area contributed by atoms with Crippen LogP contribution in [0.2, 0.25) is 0 Å². The Kier molecular flexibility index (Phi) is 3.94. The Morgan fingerprint density at radius 3 is 2.78 bits per heavy atom. The van der Waals surface area contributed by atoms with E-state index < -0.39 is 6.10 Å². The lowest BCUT2D eigenvalue weighted by Gasteiger charge is -2.08. The number of halogens is 1. The number of aromatic nitrogens is 3. The molecule has 18 heavy (non-hydrogen) atoms. The van der Waals surface area contributed by atoms with Gasteiger partial charge in [0.15, 0.2) is 5.16 Å². The molecule has 0 radical (unpaired) electrons. The van der Waals surface area contributed by atoms with Crippen LogP contribution < -0.4 is 5.69 Å². The molecule has 1 aromatic heterocycles. The number of H-pyrrole nitrogens is 1. The summed E-state index contributed by atoms with van der Waals surface area (Å²) >= 11 is 4.79. The van der Waals surface area contributed by atoms with Crippen molar-refractivity contribution in [2.24, 2.45) is 7.05 Å². The molecule has 1 heterocycles. The minimum atomic E-state index is -0.520. The van der Waals surface area contributed by atoms with Crippen LogP contribution >= 0.6 is 27.7 Å². The van der Waals surface area contributed by atoms with Gasteiger partial charge in [-0.1, -0.05) is 22.0 Å². The number of hydrogen-bond donors (Lipinski definition) is 2. The molecule has 1 atom stereocenters. The average molecular weight is 330 g/mol. The Hall–Kier alpha value is -1.05. The highest BCUT2D eigenvalue weighted by Gasteiger charge is 2.10. The summed E-state index contributed by atoms with van der Waals surface area (Å²) in [6.07, 6.45) is -0.520. The van der Waals surface area contributed by atoms with Gasteiger partial charge in [-0.25, -0.2) is 9.89 Å². The van der Waals surface area contributed by atoms with Gasteiger partial charge in [0.2, 0.25) is 0 Å². The van der Waals surface area contributed by atoms with E-state index in [1.807, 2.05) is 18.2 Å². The molecule has 96 valence electrons.